The number of nitrogens with zero attached hydrogens (tertiary/aromatic N) is 2. The molecule has 0 amide bonds. The number of hydrogen-bond acceptors (Lipinski definition) is 4. The molecule has 0 bridgehead atoms. The van der Waals surface area contributed by atoms with Crippen LogP contribution in [0.2, 0.25) is 0 Å². The van der Waals surface area contributed by atoms with Gasteiger partial charge in [0, 0.05) is 35.9 Å². The molecule has 0 aromatic carbocycles. The normalized spacial score (nSPS) is 12.6. The fourth-order valence-electron chi connectivity index (χ4n) is 1.62. The molecule has 4 heteroatoms. The summed E-state index contributed by atoms with van der Waals surface area (Å²) < 4.78 is 0. The Bertz CT molecular complexity index is 453. The zero-order valence-electron chi connectivity index (χ0n) is 10.2. The van der Waals surface area contributed by atoms with E-state index < -0.39 is 0 Å². The van der Waals surface area contributed by atoms with E-state index in [0.29, 0.717) is 6.04 Å². The highest BCUT2D eigenvalue weighted by molar-refractivity contribution is 7.11. The van der Waals surface area contributed by atoms with Crippen molar-refractivity contribution in [2.75, 3.05) is 6.54 Å². The Labute approximate surface area is 106 Å². The maximum atomic E-state index is 4.38. The van der Waals surface area contributed by atoms with Crippen LogP contribution in [0.4, 0.5) is 0 Å². The highest BCUT2D eigenvalue weighted by Gasteiger charge is 2.08. The molecule has 2 rings (SSSR count). The van der Waals surface area contributed by atoms with Crippen molar-refractivity contribution in [1.82, 2.24) is 15.3 Å². The molecule has 0 aliphatic carbocycles. The molecule has 90 valence electrons. The molecule has 2 aromatic heterocycles. The van der Waals surface area contributed by atoms with Gasteiger partial charge in [0.15, 0.2) is 0 Å². The predicted octanol–water partition coefficient (Wildman–Crippen LogP) is 2.74. The molecule has 0 saturated heterocycles. The second-order valence-corrected chi connectivity index (χ2v) is 5.32. The Morgan fingerprint density at radius 1 is 1.35 bits per heavy atom. The first kappa shape index (κ1) is 12.2. The van der Waals surface area contributed by atoms with Crippen molar-refractivity contribution in [3.05, 3.63) is 46.2 Å². The quantitative estimate of drug-likeness (QED) is 0.883. The fraction of sp³-hybridized carbons (Fsp3) is 0.385. The zero-order valence-corrected chi connectivity index (χ0v) is 11.0. The van der Waals surface area contributed by atoms with Crippen molar-refractivity contribution >= 4 is 11.3 Å². The number of rotatable bonds is 5. The summed E-state index contributed by atoms with van der Waals surface area (Å²) in [5.41, 5.74) is 1.13. The third-order valence-electron chi connectivity index (χ3n) is 2.57. The van der Waals surface area contributed by atoms with Gasteiger partial charge in [-0.25, -0.2) is 4.98 Å². The average Bonchev–Trinajstić information content (AvgIpc) is 2.77. The Hall–Kier alpha value is -1.26. The second kappa shape index (κ2) is 5.89. The molecular formula is C13H17N3S. The maximum Gasteiger partial charge on any atom is 0.109 e. The van der Waals surface area contributed by atoms with Gasteiger partial charge >= 0.3 is 0 Å². The summed E-state index contributed by atoms with van der Waals surface area (Å²) in [6.07, 6.45) is 4.72. The van der Waals surface area contributed by atoms with Crippen LogP contribution in [-0.2, 0) is 6.42 Å². The third-order valence-corrected chi connectivity index (χ3v) is 3.66. The lowest BCUT2D eigenvalue weighted by Crippen LogP contribution is -2.21. The minimum atomic E-state index is 0.317. The molecule has 1 unspecified atom stereocenters. The van der Waals surface area contributed by atoms with Gasteiger partial charge in [0.2, 0.25) is 0 Å². The van der Waals surface area contributed by atoms with Crippen LogP contribution in [0.1, 0.15) is 28.5 Å². The van der Waals surface area contributed by atoms with Crippen molar-refractivity contribution in [3.63, 3.8) is 0 Å². The van der Waals surface area contributed by atoms with E-state index in [-0.39, 0.29) is 0 Å². The van der Waals surface area contributed by atoms with Crippen LogP contribution < -0.4 is 5.32 Å². The monoisotopic (exact) mass is 247 g/mol. The van der Waals surface area contributed by atoms with E-state index in [1.807, 2.05) is 24.5 Å². The van der Waals surface area contributed by atoms with Gasteiger partial charge in [-0.15, -0.1) is 11.3 Å². The van der Waals surface area contributed by atoms with Crippen LogP contribution in [0.25, 0.3) is 0 Å². The van der Waals surface area contributed by atoms with Crippen LogP contribution in [0, 0.1) is 6.92 Å². The summed E-state index contributed by atoms with van der Waals surface area (Å²) in [7, 11) is 0. The van der Waals surface area contributed by atoms with Crippen molar-refractivity contribution in [2.45, 2.75) is 26.3 Å². The minimum absolute atomic E-state index is 0.317. The van der Waals surface area contributed by atoms with Crippen LogP contribution in [-0.4, -0.2) is 16.5 Å². The lowest BCUT2D eigenvalue weighted by Gasteiger charge is -2.10. The molecule has 0 aliphatic rings. The van der Waals surface area contributed by atoms with Gasteiger partial charge in [-0.2, -0.15) is 0 Å². The summed E-state index contributed by atoms with van der Waals surface area (Å²) >= 11 is 1.75. The van der Waals surface area contributed by atoms with Gasteiger partial charge in [-0.3, -0.25) is 4.98 Å². The Morgan fingerprint density at radius 3 is 2.88 bits per heavy atom. The van der Waals surface area contributed by atoms with Crippen LogP contribution in [0.3, 0.4) is 0 Å². The topological polar surface area (TPSA) is 37.8 Å². The molecule has 2 aromatic rings. The lowest BCUT2D eigenvalue weighted by atomic mass is 10.2. The van der Waals surface area contributed by atoms with Crippen LogP contribution in [0.5, 0.6) is 0 Å². The largest absolute Gasteiger partial charge is 0.308 e. The van der Waals surface area contributed by atoms with E-state index >= 15 is 0 Å². The standard InChI is InChI=1S/C13H17N3S/c1-10-9-16-13(17-10)11(2)14-8-6-12-5-3-4-7-15-12/h3-5,7,9,11,14H,6,8H2,1-2H3. The van der Waals surface area contributed by atoms with E-state index in [1.54, 1.807) is 11.3 Å². The SMILES string of the molecule is Cc1cnc(C(C)NCCc2ccccn2)s1. The van der Waals surface area contributed by atoms with Gasteiger partial charge in [0.1, 0.15) is 5.01 Å². The maximum absolute atomic E-state index is 4.38. The smallest absolute Gasteiger partial charge is 0.109 e. The number of nitrogens with one attached hydrogen (secondary N) is 1. The van der Waals surface area contributed by atoms with Crippen molar-refractivity contribution < 1.29 is 0 Å². The van der Waals surface area contributed by atoms with Crippen molar-refractivity contribution in [1.29, 1.82) is 0 Å². The minimum Gasteiger partial charge on any atom is -0.308 e. The summed E-state index contributed by atoms with van der Waals surface area (Å²) in [4.78, 5) is 9.94. The lowest BCUT2D eigenvalue weighted by molar-refractivity contribution is 0.571. The number of pyridine rings is 1. The van der Waals surface area contributed by atoms with Crippen molar-refractivity contribution in [2.24, 2.45) is 0 Å². The molecule has 0 radical (unpaired) electrons. The number of hydrogen-bond donors (Lipinski definition) is 1. The molecule has 0 spiro atoms. The van der Waals surface area contributed by atoms with Gasteiger partial charge < -0.3 is 5.32 Å². The van der Waals surface area contributed by atoms with E-state index in [2.05, 4.69) is 35.2 Å². The molecule has 0 saturated carbocycles. The Morgan fingerprint density at radius 2 is 2.24 bits per heavy atom. The van der Waals surface area contributed by atoms with E-state index in [9.17, 15) is 0 Å². The highest BCUT2D eigenvalue weighted by atomic mass is 32.1. The predicted molar refractivity (Wildman–Crippen MR) is 71.2 cm³/mol. The first-order valence-electron chi connectivity index (χ1n) is 5.81. The van der Waals surface area contributed by atoms with Gasteiger partial charge in [-0.1, -0.05) is 6.07 Å². The molecule has 2 heterocycles. The third kappa shape index (κ3) is 3.61. The van der Waals surface area contributed by atoms with E-state index in [0.717, 1.165) is 23.7 Å². The van der Waals surface area contributed by atoms with Crippen molar-refractivity contribution in [3.8, 4) is 0 Å². The summed E-state index contributed by atoms with van der Waals surface area (Å²) in [5.74, 6) is 0. The summed E-state index contributed by atoms with van der Waals surface area (Å²) in [6, 6.07) is 6.34. The Kier molecular flexibility index (Phi) is 4.23. The first-order valence-corrected chi connectivity index (χ1v) is 6.63. The average molecular weight is 247 g/mol. The Balaban J connectivity index is 1.79. The van der Waals surface area contributed by atoms with E-state index in [1.165, 1.54) is 4.88 Å². The molecule has 17 heavy (non-hydrogen) atoms. The fourth-order valence-corrected chi connectivity index (χ4v) is 2.42. The number of thiazole rings is 1. The summed E-state index contributed by atoms with van der Waals surface area (Å²) in [5, 5.41) is 4.62. The highest BCUT2D eigenvalue weighted by Crippen LogP contribution is 2.18. The van der Waals surface area contributed by atoms with Crippen LogP contribution in [0.15, 0.2) is 30.6 Å². The first-order chi connectivity index (χ1) is 8.25. The summed E-state index contributed by atoms with van der Waals surface area (Å²) in [6.45, 7) is 5.16. The number of aromatic nitrogens is 2. The number of aryl methyl sites for hydroxylation is 1. The molecule has 0 aliphatic heterocycles. The van der Waals surface area contributed by atoms with Gasteiger partial charge in [0.05, 0.1) is 6.04 Å². The second-order valence-electron chi connectivity index (χ2n) is 4.06. The molecule has 3 nitrogen and oxygen atoms in total. The van der Waals surface area contributed by atoms with Crippen LogP contribution >= 0.6 is 11.3 Å². The zero-order chi connectivity index (χ0) is 12.1. The van der Waals surface area contributed by atoms with Gasteiger partial charge in [-0.05, 0) is 26.0 Å². The molecule has 1 atom stereocenters. The van der Waals surface area contributed by atoms with E-state index in [4.69, 9.17) is 0 Å². The molecule has 0 fully saturated rings. The molecular weight excluding hydrogens is 230 g/mol. The molecule has 1 N–H and O–H groups in total. The van der Waals surface area contributed by atoms with Gasteiger partial charge in [0.25, 0.3) is 0 Å².